The van der Waals surface area contributed by atoms with Crippen LogP contribution in [0, 0.1) is 11.3 Å². The first-order valence-electron chi connectivity index (χ1n) is 7.51. The van der Waals surface area contributed by atoms with Gasteiger partial charge in [-0.3, -0.25) is 0 Å². The zero-order valence-electron chi connectivity index (χ0n) is 13.3. The van der Waals surface area contributed by atoms with Gasteiger partial charge in [0.2, 0.25) is 5.88 Å². The molecular formula is C20H16N2O2. The van der Waals surface area contributed by atoms with Crippen LogP contribution < -0.4 is 9.47 Å². The molecule has 0 aliphatic carbocycles. The summed E-state index contributed by atoms with van der Waals surface area (Å²) in [6, 6.07) is 21.3. The first kappa shape index (κ1) is 15.6. The van der Waals surface area contributed by atoms with Gasteiger partial charge in [-0.15, -0.1) is 0 Å². The van der Waals surface area contributed by atoms with E-state index in [-0.39, 0.29) is 0 Å². The molecule has 1 heterocycles. The lowest BCUT2D eigenvalue weighted by atomic mass is 10.0. The number of hydrogen-bond acceptors (Lipinski definition) is 4. The number of ether oxygens (including phenoxy) is 2. The van der Waals surface area contributed by atoms with E-state index in [4.69, 9.17) is 9.47 Å². The van der Waals surface area contributed by atoms with Crippen LogP contribution >= 0.6 is 0 Å². The van der Waals surface area contributed by atoms with Gasteiger partial charge >= 0.3 is 0 Å². The average molecular weight is 316 g/mol. The minimum atomic E-state index is 0.417. The smallest absolute Gasteiger partial charge is 0.212 e. The number of nitriles is 1. The second-order valence-corrected chi connectivity index (χ2v) is 5.19. The molecule has 3 rings (SSSR count). The highest BCUT2D eigenvalue weighted by Gasteiger charge is 2.08. The number of hydrogen-bond donors (Lipinski definition) is 0. The van der Waals surface area contributed by atoms with Crippen molar-refractivity contribution in [2.45, 2.75) is 6.61 Å². The van der Waals surface area contributed by atoms with Gasteiger partial charge in [-0.25, -0.2) is 4.98 Å². The number of nitrogens with zero attached hydrogens (tertiary/aromatic N) is 2. The monoisotopic (exact) mass is 316 g/mol. The van der Waals surface area contributed by atoms with E-state index >= 15 is 0 Å². The van der Waals surface area contributed by atoms with Crippen molar-refractivity contribution in [3.8, 4) is 28.8 Å². The maximum Gasteiger partial charge on any atom is 0.212 e. The summed E-state index contributed by atoms with van der Waals surface area (Å²) in [5, 5.41) is 9.29. The Morgan fingerprint density at radius 3 is 2.46 bits per heavy atom. The quantitative estimate of drug-likeness (QED) is 0.707. The molecule has 1 aromatic heterocycles. The number of aromatic nitrogens is 1. The zero-order chi connectivity index (χ0) is 16.8. The van der Waals surface area contributed by atoms with E-state index in [1.54, 1.807) is 25.4 Å². The topological polar surface area (TPSA) is 55.1 Å². The average Bonchev–Trinajstić information content (AvgIpc) is 2.67. The molecule has 0 saturated carbocycles. The second-order valence-electron chi connectivity index (χ2n) is 5.19. The predicted octanol–water partition coefficient (Wildman–Crippen LogP) is 4.21. The summed E-state index contributed by atoms with van der Waals surface area (Å²) in [6.07, 6.45) is 1.74. The molecule has 0 radical (unpaired) electrons. The maximum atomic E-state index is 9.29. The lowest BCUT2D eigenvalue weighted by Gasteiger charge is -2.10. The fourth-order valence-electron chi connectivity index (χ4n) is 2.32. The first-order chi connectivity index (χ1) is 11.8. The Hall–Kier alpha value is -3.32. The molecule has 0 amide bonds. The Morgan fingerprint density at radius 2 is 1.79 bits per heavy atom. The van der Waals surface area contributed by atoms with Gasteiger partial charge in [0.15, 0.2) is 0 Å². The number of pyridine rings is 1. The SMILES string of the molecule is COc1ccc(-c2ccc(C#N)c(OCc3ccccc3)c2)cn1. The summed E-state index contributed by atoms with van der Waals surface area (Å²) in [7, 11) is 1.58. The van der Waals surface area contributed by atoms with Crippen molar-refractivity contribution in [2.24, 2.45) is 0 Å². The Bertz CT molecular complexity index is 853. The van der Waals surface area contributed by atoms with Gasteiger partial charge in [0.05, 0.1) is 12.7 Å². The summed E-state index contributed by atoms with van der Waals surface area (Å²) in [5.74, 6) is 1.13. The molecule has 0 unspecified atom stereocenters. The van der Waals surface area contributed by atoms with E-state index in [0.717, 1.165) is 16.7 Å². The van der Waals surface area contributed by atoms with Gasteiger partial charge in [-0.05, 0) is 29.3 Å². The standard InChI is InChI=1S/C20H16N2O2/c1-23-20-10-9-18(13-22-20)16-7-8-17(12-21)19(11-16)24-14-15-5-3-2-4-6-15/h2-11,13H,14H2,1H3. The molecule has 24 heavy (non-hydrogen) atoms. The van der Waals surface area contributed by atoms with E-state index in [1.165, 1.54) is 0 Å². The minimum absolute atomic E-state index is 0.417. The molecule has 2 aromatic carbocycles. The summed E-state index contributed by atoms with van der Waals surface area (Å²) < 4.78 is 10.9. The van der Waals surface area contributed by atoms with Crippen LogP contribution in [0.15, 0.2) is 66.9 Å². The fourth-order valence-corrected chi connectivity index (χ4v) is 2.32. The normalized spacial score (nSPS) is 10.0. The fraction of sp³-hybridized carbons (Fsp3) is 0.100. The van der Waals surface area contributed by atoms with Crippen molar-refractivity contribution in [3.63, 3.8) is 0 Å². The summed E-state index contributed by atoms with van der Waals surface area (Å²) in [5.41, 5.74) is 3.44. The van der Waals surface area contributed by atoms with E-state index in [2.05, 4.69) is 11.1 Å². The largest absolute Gasteiger partial charge is 0.488 e. The van der Waals surface area contributed by atoms with Crippen LogP contribution in [0.5, 0.6) is 11.6 Å². The molecule has 118 valence electrons. The highest BCUT2D eigenvalue weighted by atomic mass is 16.5. The third kappa shape index (κ3) is 3.53. The van der Waals surface area contributed by atoms with Gasteiger partial charge in [-0.1, -0.05) is 36.4 Å². The molecule has 0 aliphatic heterocycles. The highest BCUT2D eigenvalue weighted by Crippen LogP contribution is 2.28. The molecule has 0 fully saturated rings. The van der Waals surface area contributed by atoms with E-state index in [9.17, 15) is 5.26 Å². The van der Waals surface area contributed by atoms with Crippen molar-refractivity contribution >= 4 is 0 Å². The lowest BCUT2D eigenvalue weighted by molar-refractivity contribution is 0.305. The predicted molar refractivity (Wildman–Crippen MR) is 91.7 cm³/mol. The van der Waals surface area contributed by atoms with Gasteiger partial charge < -0.3 is 9.47 Å². The molecule has 0 saturated heterocycles. The van der Waals surface area contributed by atoms with E-state index < -0.39 is 0 Å². The van der Waals surface area contributed by atoms with Gasteiger partial charge in [0, 0.05) is 17.8 Å². The van der Waals surface area contributed by atoms with Crippen molar-refractivity contribution < 1.29 is 9.47 Å². The summed E-state index contributed by atoms with van der Waals surface area (Å²) in [4.78, 5) is 4.21. The molecule has 0 atom stereocenters. The summed E-state index contributed by atoms with van der Waals surface area (Å²) in [6.45, 7) is 0.417. The summed E-state index contributed by atoms with van der Waals surface area (Å²) >= 11 is 0. The molecule has 0 N–H and O–H groups in total. The maximum absolute atomic E-state index is 9.29. The van der Waals surface area contributed by atoms with Crippen LogP contribution in [0.3, 0.4) is 0 Å². The highest BCUT2D eigenvalue weighted by molar-refractivity contribution is 5.66. The van der Waals surface area contributed by atoms with Crippen molar-refractivity contribution in [1.82, 2.24) is 4.98 Å². The molecule has 4 nitrogen and oxygen atoms in total. The Labute approximate surface area is 140 Å². The Kier molecular flexibility index (Phi) is 4.73. The molecule has 0 spiro atoms. The van der Waals surface area contributed by atoms with Crippen molar-refractivity contribution in [3.05, 3.63) is 78.0 Å². The molecule has 0 bridgehead atoms. The zero-order valence-corrected chi connectivity index (χ0v) is 13.3. The van der Waals surface area contributed by atoms with Gasteiger partial charge in [0.25, 0.3) is 0 Å². The minimum Gasteiger partial charge on any atom is -0.488 e. The van der Waals surface area contributed by atoms with Gasteiger partial charge in [0.1, 0.15) is 18.4 Å². The number of rotatable bonds is 5. The van der Waals surface area contributed by atoms with Crippen LogP contribution in [0.25, 0.3) is 11.1 Å². The molecular weight excluding hydrogens is 300 g/mol. The Balaban J connectivity index is 1.86. The molecule has 3 aromatic rings. The molecule has 4 heteroatoms. The van der Waals surface area contributed by atoms with Gasteiger partial charge in [-0.2, -0.15) is 5.26 Å². The van der Waals surface area contributed by atoms with Crippen LogP contribution in [-0.2, 0) is 6.61 Å². The van der Waals surface area contributed by atoms with Crippen LogP contribution in [0.1, 0.15) is 11.1 Å². The van der Waals surface area contributed by atoms with Crippen LogP contribution in [0.2, 0.25) is 0 Å². The number of benzene rings is 2. The van der Waals surface area contributed by atoms with E-state index in [0.29, 0.717) is 23.8 Å². The first-order valence-corrected chi connectivity index (χ1v) is 7.51. The van der Waals surface area contributed by atoms with Crippen LogP contribution in [-0.4, -0.2) is 12.1 Å². The molecule has 0 aliphatic rings. The van der Waals surface area contributed by atoms with Crippen LogP contribution in [0.4, 0.5) is 0 Å². The van der Waals surface area contributed by atoms with E-state index in [1.807, 2.05) is 48.5 Å². The second kappa shape index (κ2) is 7.30. The lowest BCUT2D eigenvalue weighted by Crippen LogP contribution is -1.97. The van der Waals surface area contributed by atoms with Crippen molar-refractivity contribution in [2.75, 3.05) is 7.11 Å². The Morgan fingerprint density at radius 1 is 1.00 bits per heavy atom. The third-order valence-electron chi connectivity index (χ3n) is 3.62. The van der Waals surface area contributed by atoms with Crippen molar-refractivity contribution in [1.29, 1.82) is 5.26 Å². The number of methoxy groups -OCH3 is 1. The third-order valence-corrected chi connectivity index (χ3v) is 3.62.